The fourth-order valence-electron chi connectivity index (χ4n) is 4.06. The van der Waals surface area contributed by atoms with Crippen LogP contribution in [0.15, 0.2) is 29.2 Å². The minimum absolute atomic E-state index is 0.0461. The highest BCUT2D eigenvalue weighted by molar-refractivity contribution is 5.99. The molecular formula is C21H20F4N4O4. The first-order valence-electron chi connectivity index (χ1n) is 10.1. The molecule has 1 aromatic heterocycles. The van der Waals surface area contributed by atoms with E-state index < -0.39 is 70.3 Å². The number of hydrogen-bond donors (Lipinski definition) is 2. The highest BCUT2D eigenvalue weighted by Crippen LogP contribution is 2.36. The fourth-order valence-corrected chi connectivity index (χ4v) is 4.06. The van der Waals surface area contributed by atoms with E-state index in [1.165, 1.54) is 18.9 Å². The number of carbonyl (C=O) groups excluding carboxylic acids is 2. The van der Waals surface area contributed by atoms with Gasteiger partial charge in [-0.1, -0.05) is 6.07 Å². The van der Waals surface area contributed by atoms with Crippen molar-refractivity contribution in [3.05, 3.63) is 63.1 Å². The Morgan fingerprint density at radius 1 is 1.24 bits per heavy atom. The third-order valence-corrected chi connectivity index (χ3v) is 6.06. The Morgan fingerprint density at radius 2 is 1.94 bits per heavy atom. The highest BCUT2D eigenvalue weighted by Gasteiger charge is 2.51. The number of pyridine rings is 1. The minimum Gasteiger partial charge on any atom is -0.502 e. The summed E-state index contributed by atoms with van der Waals surface area (Å²) in [5.74, 6) is -7.94. The molecule has 4 rings (SSSR count). The van der Waals surface area contributed by atoms with Crippen LogP contribution < -0.4 is 15.8 Å². The second kappa shape index (κ2) is 7.78. The predicted molar refractivity (Wildman–Crippen MR) is 108 cm³/mol. The SMILES string of the molecule is C[C@@H]1N2CN([C@@H](C)CC1(F)F)n1cc(C(=O)NCc3ccc(F)cc3F)c(=O)c(O)c1C2=O. The molecule has 2 bridgehead atoms. The largest absolute Gasteiger partial charge is 0.502 e. The molecule has 2 atom stereocenters. The molecule has 0 spiro atoms. The van der Waals surface area contributed by atoms with Crippen LogP contribution >= 0.6 is 0 Å². The summed E-state index contributed by atoms with van der Waals surface area (Å²) in [6.07, 6.45) is 0.392. The van der Waals surface area contributed by atoms with Crippen molar-refractivity contribution < 1.29 is 32.3 Å². The smallest absolute Gasteiger partial charge is 0.278 e. The quantitative estimate of drug-likeness (QED) is 0.672. The van der Waals surface area contributed by atoms with Crippen molar-refractivity contribution in [2.45, 2.75) is 44.8 Å². The Labute approximate surface area is 185 Å². The van der Waals surface area contributed by atoms with Crippen molar-refractivity contribution in [1.82, 2.24) is 14.9 Å². The maximum atomic E-state index is 14.6. The molecule has 2 N–H and O–H groups in total. The van der Waals surface area contributed by atoms with Gasteiger partial charge in [-0.25, -0.2) is 17.6 Å². The van der Waals surface area contributed by atoms with Gasteiger partial charge >= 0.3 is 0 Å². The zero-order valence-electron chi connectivity index (χ0n) is 17.6. The van der Waals surface area contributed by atoms with E-state index in [-0.39, 0.29) is 18.8 Å². The van der Waals surface area contributed by atoms with E-state index in [2.05, 4.69) is 5.32 Å². The number of aromatic nitrogens is 1. The van der Waals surface area contributed by atoms with Gasteiger partial charge in [0, 0.05) is 30.8 Å². The number of amides is 2. The molecule has 12 heteroatoms. The lowest BCUT2D eigenvalue weighted by Gasteiger charge is -2.41. The van der Waals surface area contributed by atoms with Crippen LogP contribution in [0.2, 0.25) is 0 Å². The number of nitrogens with zero attached hydrogens (tertiary/aromatic N) is 3. The molecule has 2 aliphatic rings. The lowest BCUT2D eigenvalue weighted by molar-refractivity contribution is -0.0653. The number of benzene rings is 1. The summed E-state index contributed by atoms with van der Waals surface area (Å²) < 4.78 is 57.1. The van der Waals surface area contributed by atoms with Crippen LogP contribution in [-0.2, 0) is 6.54 Å². The lowest BCUT2D eigenvalue weighted by atomic mass is 10.0. The zero-order chi connectivity index (χ0) is 24.2. The first-order valence-corrected chi connectivity index (χ1v) is 10.1. The van der Waals surface area contributed by atoms with E-state index in [0.29, 0.717) is 6.07 Å². The van der Waals surface area contributed by atoms with Gasteiger partial charge < -0.3 is 15.3 Å². The highest BCUT2D eigenvalue weighted by atomic mass is 19.3. The van der Waals surface area contributed by atoms with Gasteiger partial charge in [0.25, 0.3) is 17.7 Å². The molecule has 8 nitrogen and oxygen atoms in total. The van der Waals surface area contributed by atoms with Gasteiger partial charge in [0.1, 0.15) is 23.9 Å². The molecule has 33 heavy (non-hydrogen) atoms. The number of alkyl halides is 2. The second-order valence-electron chi connectivity index (χ2n) is 8.18. The Balaban J connectivity index is 1.72. The van der Waals surface area contributed by atoms with Crippen LogP contribution in [0.3, 0.4) is 0 Å². The molecule has 2 aliphatic heterocycles. The van der Waals surface area contributed by atoms with Gasteiger partial charge in [0.15, 0.2) is 11.4 Å². The first kappa shape index (κ1) is 22.6. The Kier molecular flexibility index (Phi) is 5.33. The summed E-state index contributed by atoms with van der Waals surface area (Å²) in [4.78, 5) is 39.1. The van der Waals surface area contributed by atoms with E-state index in [4.69, 9.17) is 0 Å². The number of hydrogen-bond acceptors (Lipinski definition) is 5. The number of carbonyl (C=O) groups is 2. The topological polar surface area (TPSA) is 94.9 Å². The van der Waals surface area contributed by atoms with Crippen molar-refractivity contribution in [1.29, 1.82) is 0 Å². The van der Waals surface area contributed by atoms with Crippen LogP contribution in [0.1, 0.15) is 46.7 Å². The van der Waals surface area contributed by atoms with E-state index in [0.717, 1.165) is 27.9 Å². The summed E-state index contributed by atoms with van der Waals surface area (Å²) in [6.45, 7) is 2.06. The molecule has 3 heterocycles. The Morgan fingerprint density at radius 3 is 2.61 bits per heavy atom. The van der Waals surface area contributed by atoms with E-state index in [1.807, 2.05) is 0 Å². The van der Waals surface area contributed by atoms with E-state index in [9.17, 15) is 37.1 Å². The molecule has 1 saturated heterocycles. The number of aromatic hydroxyl groups is 1. The summed E-state index contributed by atoms with van der Waals surface area (Å²) in [5.41, 5.74) is -2.32. The van der Waals surface area contributed by atoms with E-state index in [1.54, 1.807) is 0 Å². The van der Waals surface area contributed by atoms with Gasteiger partial charge in [-0.05, 0) is 19.9 Å². The number of halogens is 4. The number of nitrogens with one attached hydrogen (secondary N) is 1. The maximum absolute atomic E-state index is 14.6. The Hall–Kier alpha value is -3.57. The third-order valence-electron chi connectivity index (χ3n) is 6.06. The minimum atomic E-state index is -3.22. The van der Waals surface area contributed by atoms with Crippen LogP contribution in [0, 0.1) is 11.6 Å². The molecule has 2 amide bonds. The summed E-state index contributed by atoms with van der Waals surface area (Å²) in [5, 5.41) is 14.1. The van der Waals surface area contributed by atoms with Crippen LogP contribution in [0.25, 0.3) is 0 Å². The molecule has 0 radical (unpaired) electrons. The second-order valence-corrected chi connectivity index (χ2v) is 8.18. The van der Waals surface area contributed by atoms with Crippen LogP contribution in [0.5, 0.6) is 5.75 Å². The van der Waals surface area contributed by atoms with Crippen molar-refractivity contribution in [3.8, 4) is 5.75 Å². The molecule has 0 saturated carbocycles. The number of fused-ring (bicyclic) bond motifs is 4. The summed E-state index contributed by atoms with van der Waals surface area (Å²) in [6, 6.07) is 0.463. The predicted octanol–water partition coefficient (Wildman–Crippen LogP) is 1.93. The molecule has 176 valence electrons. The molecule has 0 aliphatic carbocycles. The third kappa shape index (κ3) is 3.68. The lowest BCUT2D eigenvalue weighted by Crippen LogP contribution is -2.58. The first-order chi connectivity index (χ1) is 15.4. The van der Waals surface area contributed by atoms with Crippen molar-refractivity contribution in [2.75, 3.05) is 11.7 Å². The fraction of sp³-hybridized carbons (Fsp3) is 0.381. The van der Waals surface area contributed by atoms with Crippen LogP contribution in [-0.4, -0.2) is 51.2 Å². The monoisotopic (exact) mass is 468 g/mol. The van der Waals surface area contributed by atoms with Gasteiger partial charge in [-0.15, -0.1) is 0 Å². The van der Waals surface area contributed by atoms with Gasteiger partial charge in [-0.2, -0.15) is 0 Å². The summed E-state index contributed by atoms with van der Waals surface area (Å²) in [7, 11) is 0. The standard InChI is InChI=1S/C21H20F4N4O4/c1-10-6-21(24,25)11(2)27-9-29(10)28-8-14(17(30)18(31)16(28)20(27)33)19(32)26-7-12-3-4-13(22)5-15(12)23/h3-5,8,10-11,31H,6-7,9H2,1-2H3,(H,26,32)/t10-,11-/m0/s1. The molecule has 1 fully saturated rings. The van der Waals surface area contributed by atoms with Gasteiger partial charge in [0.2, 0.25) is 5.43 Å². The molecule has 2 aromatic rings. The zero-order valence-corrected chi connectivity index (χ0v) is 17.6. The number of rotatable bonds is 3. The average Bonchev–Trinajstić information content (AvgIpc) is 2.81. The van der Waals surface area contributed by atoms with E-state index >= 15 is 0 Å². The normalized spacial score (nSPS) is 21.5. The molecule has 1 aromatic carbocycles. The van der Waals surface area contributed by atoms with Crippen molar-refractivity contribution in [2.24, 2.45) is 0 Å². The molecular weight excluding hydrogens is 448 g/mol. The Bertz CT molecular complexity index is 1220. The van der Waals surface area contributed by atoms with Gasteiger partial charge in [-0.3, -0.25) is 24.1 Å². The van der Waals surface area contributed by atoms with Crippen molar-refractivity contribution >= 4 is 11.8 Å². The van der Waals surface area contributed by atoms with Crippen LogP contribution in [0.4, 0.5) is 17.6 Å². The summed E-state index contributed by atoms with van der Waals surface area (Å²) >= 11 is 0. The molecule has 0 unspecified atom stereocenters. The van der Waals surface area contributed by atoms with Crippen molar-refractivity contribution in [3.63, 3.8) is 0 Å². The van der Waals surface area contributed by atoms with Gasteiger partial charge in [0.05, 0.1) is 12.1 Å². The average molecular weight is 468 g/mol. The maximum Gasteiger partial charge on any atom is 0.278 e.